The fourth-order valence-electron chi connectivity index (χ4n) is 2.95. The van der Waals surface area contributed by atoms with Crippen LogP contribution < -0.4 is 5.32 Å². The number of hydrogen-bond donors (Lipinski definition) is 1. The largest absolute Gasteiger partial charge is 0.377 e. The number of nitrogens with one attached hydrogen (secondary N) is 1. The fourth-order valence-corrected chi connectivity index (χ4v) is 2.95. The lowest BCUT2D eigenvalue weighted by molar-refractivity contribution is -0.383. The number of anilines is 1. The van der Waals surface area contributed by atoms with Crippen LogP contribution in [0.3, 0.4) is 0 Å². The minimum Gasteiger partial charge on any atom is -0.377 e. The predicted octanol–water partition coefficient (Wildman–Crippen LogP) is 3.30. The van der Waals surface area contributed by atoms with Crippen molar-refractivity contribution in [2.24, 2.45) is 0 Å². The van der Waals surface area contributed by atoms with Gasteiger partial charge in [-0.2, -0.15) is 4.98 Å². The zero-order valence-corrected chi connectivity index (χ0v) is 14.4. The fraction of sp³-hybridized carbons (Fsp3) is 0.278. The Balaban J connectivity index is 1.57. The summed E-state index contributed by atoms with van der Waals surface area (Å²) in [5, 5.41) is 18.5. The van der Waals surface area contributed by atoms with E-state index in [9.17, 15) is 10.1 Å². The Hall–Kier alpha value is -3.33. The van der Waals surface area contributed by atoms with Crippen LogP contribution in [0.4, 0.5) is 11.4 Å². The molecule has 3 heterocycles. The standard InChI is InChI=1S/C18H17N5O4/c24-23(25)16-9-12(5-6-15(16)20-11-14-4-2-8-26-14)17-21-18(27-22-17)13-3-1-7-19-10-13/h1,3,5-7,9-10,14,20H,2,4,8,11H2/t14-/m0/s1. The molecule has 4 rings (SSSR count). The Labute approximate surface area is 154 Å². The molecule has 138 valence electrons. The Morgan fingerprint density at radius 2 is 2.22 bits per heavy atom. The Kier molecular flexibility index (Phi) is 4.75. The molecule has 2 aromatic heterocycles. The molecule has 1 fully saturated rings. The Morgan fingerprint density at radius 1 is 1.30 bits per heavy atom. The van der Waals surface area contributed by atoms with Gasteiger partial charge in [0.2, 0.25) is 5.82 Å². The maximum absolute atomic E-state index is 11.5. The van der Waals surface area contributed by atoms with Gasteiger partial charge < -0.3 is 14.6 Å². The Bertz CT molecular complexity index is 938. The van der Waals surface area contributed by atoms with Crippen molar-refractivity contribution in [3.8, 4) is 22.8 Å². The summed E-state index contributed by atoms with van der Waals surface area (Å²) in [5.41, 5.74) is 1.58. The van der Waals surface area contributed by atoms with Crippen molar-refractivity contribution in [3.05, 3.63) is 52.8 Å². The van der Waals surface area contributed by atoms with Gasteiger partial charge in [-0.25, -0.2) is 0 Å². The molecule has 0 spiro atoms. The highest BCUT2D eigenvalue weighted by Crippen LogP contribution is 2.31. The molecular weight excluding hydrogens is 350 g/mol. The normalized spacial score (nSPS) is 16.4. The van der Waals surface area contributed by atoms with Crippen LogP contribution in [0.2, 0.25) is 0 Å². The number of ether oxygens (including phenoxy) is 1. The van der Waals surface area contributed by atoms with Crippen LogP contribution >= 0.6 is 0 Å². The second-order valence-corrected chi connectivity index (χ2v) is 6.17. The van der Waals surface area contributed by atoms with Crippen molar-refractivity contribution < 1.29 is 14.2 Å². The van der Waals surface area contributed by atoms with Gasteiger partial charge in [-0.1, -0.05) is 5.16 Å². The number of benzene rings is 1. The molecule has 1 aromatic carbocycles. The zero-order chi connectivity index (χ0) is 18.6. The molecule has 0 radical (unpaired) electrons. The highest BCUT2D eigenvalue weighted by Gasteiger charge is 2.20. The Morgan fingerprint density at radius 3 is 2.96 bits per heavy atom. The second kappa shape index (κ2) is 7.50. The van der Waals surface area contributed by atoms with Crippen molar-refractivity contribution in [2.75, 3.05) is 18.5 Å². The van der Waals surface area contributed by atoms with E-state index in [0.29, 0.717) is 29.2 Å². The van der Waals surface area contributed by atoms with E-state index in [1.165, 1.54) is 6.07 Å². The van der Waals surface area contributed by atoms with Gasteiger partial charge >= 0.3 is 0 Å². The first-order valence-electron chi connectivity index (χ1n) is 8.59. The maximum atomic E-state index is 11.5. The molecule has 1 aliphatic heterocycles. The molecule has 27 heavy (non-hydrogen) atoms. The molecule has 3 aromatic rings. The smallest absolute Gasteiger partial charge is 0.293 e. The van der Waals surface area contributed by atoms with Crippen molar-refractivity contribution in [3.63, 3.8) is 0 Å². The molecule has 9 nitrogen and oxygen atoms in total. The van der Waals surface area contributed by atoms with E-state index in [1.807, 2.05) is 0 Å². The molecule has 0 unspecified atom stereocenters. The first kappa shape index (κ1) is 17.1. The van der Waals surface area contributed by atoms with Crippen molar-refractivity contribution >= 4 is 11.4 Å². The number of aromatic nitrogens is 3. The molecule has 1 aliphatic rings. The number of rotatable bonds is 6. The van der Waals surface area contributed by atoms with E-state index in [1.54, 1.807) is 36.7 Å². The van der Waals surface area contributed by atoms with Crippen LogP contribution in [0.15, 0.2) is 47.2 Å². The summed E-state index contributed by atoms with van der Waals surface area (Å²) in [5.74, 6) is 0.587. The lowest BCUT2D eigenvalue weighted by atomic mass is 10.1. The topological polar surface area (TPSA) is 116 Å². The number of nitro benzene ring substituents is 1. The van der Waals surface area contributed by atoms with Crippen LogP contribution in [0.1, 0.15) is 12.8 Å². The molecule has 0 aliphatic carbocycles. The van der Waals surface area contributed by atoms with Gasteiger partial charge in [-0.15, -0.1) is 0 Å². The van der Waals surface area contributed by atoms with Gasteiger partial charge in [0.1, 0.15) is 5.69 Å². The van der Waals surface area contributed by atoms with E-state index < -0.39 is 4.92 Å². The summed E-state index contributed by atoms with van der Waals surface area (Å²) >= 11 is 0. The summed E-state index contributed by atoms with van der Waals surface area (Å²) in [6, 6.07) is 8.38. The average Bonchev–Trinajstić information content (AvgIpc) is 3.39. The molecule has 9 heteroatoms. The molecule has 1 atom stereocenters. The lowest BCUT2D eigenvalue weighted by Gasteiger charge is -2.12. The summed E-state index contributed by atoms with van der Waals surface area (Å²) < 4.78 is 10.8. The summed E-state index contributed by atoms with van der Waals surface area (Å²) in [6.07, 6.45) is 5.32. The first-order chi connectivity index (χ1) is 13.2. The minimum atomic E-state index is -0.427. The molecule has 1 N–H and O–H groups in total. The van der Waals surface area contributed by atoms with E-state index in [-0.39, 0.29) is 17.6 Å². The van der Waals surface area contributed by atoms with Crippen molar-refractivity contribution in [1.29, 1.82) is 0 Å². The molecular formula is C18H17N5O4. The third kappa shape index (κ3) is 3.77. The first-order valence-corrected chi connectivity index (χ1v) is 8.59. The monoisotopic (exact) mass is 367 g/mol. The SMILES string of the molecule is O=[N+]([O-])c1cc(-c2noc(-c3cccnc3)n2)ccc1NC[C@@H]1CCCO1. The van der Waals surface area contributed by atoms with Crippen LogP contribution in [-0.4, -0.2) is 39.3 Å². The van der Waals surface area contributed by atoms with Gasteiger partial charge in [0.05, 0.1) is 16.6 Å². The van der Waals surface area contributed by atoms with Crippen molar-refractivity contribution in [1.82, 2.24) is 15.1 Å². The second-order valence-electron chi connectivity index (χ2n) is 6.17. The van der Waals surface area contributed by atoms with E-state index in [2.05, 4.69) is 20.4 Å². The highest BCUT2D eigenvalue weighted by atomic mass is 16.6. The molecule has 0 bridgehead atoms. The maximum Gasteiger partial charge on any atom is 0.293 e. The average molecular weight is 367 g/mol. The van der Waals surface area contributed by atoms with E-state index >= 15 is 0 Å². The lowest BCUT2D eigenvalue weighted by Crippen LogP contribution is -2.18. The van der Waals surface area contributed by atoms with Crippen LogP contribution in [0.5, 0.6) is 0 Å². The molecule has 0 amide bonds. The van der Waals surface area contributed by atoms with E-state index in [0.717, 1.165) is 19.4 Å². The van der Waals surface area contributed by atoms with Crippen LogP contribution in [-0.2, 0) is 4.74 Å². The van der Waals surface area contributed by atoms with Gasteiger partial charge in [0.15, 0.2) is 0 Å². The van der Waals surface area contributed by atoms with Gasteiger partial charge in [-0.05, 0) is 37.1 Å². The predicted molar refractivity (Wildman–Crippen MR) is 97.1 cm³/mol. The number of nitro groups is 1. The highest BCUT2D eigenvalue weighted by molar-refractivity contribution is 5.71. The summed E-state index contributed by atoms with van der Waals surface area (Å²) in [6.45, 7) is 1.28. The van der Waals surface area contributed by atoms with Gasteiger partial charge in [-0.3, -0.25) is 15.1 Å². The molecule has 1 saturated heterocycles. The third-order valence-corrected chi connectivity index (χ3v) is 4.33. The number of hydrogen-bond acceptors (Lipinski definition) is 8. The van der Waals surface area contributed by atoms with Gasteiger partial charge in [0.25, 0.3) is 11.6 Å². The van der Waals surface area contributed by atoms with Gasteiger partial charge in [0, 0.05) is 37.2 Å². The zero-order valence-electron chi connectivity index (χ0n) is 14.4. The summed E-state index contributed by atoms with van der Waals surface area (Å²) in [4.78, 5) is 19.4. The minimum absolute atomic E-state index is 0.0433. The van der Waals surface area contributed by atoms with Crippen LogP contribution in [0.25, 0.3) is 22.8 Å². The van der Waals surface area contributed by atoms with E-state index in [4.69, 9.17) is 9.26 Å². The summed E-state index contributed by atoms with van der Waals surface area (Å²) in [7, 11) is 0. The molecule has 0 saturated carbocycles. The van der Waals surface area contributed by atoms with Crippen LogP contribution in [0, 0.1) is 10.1 Å². The quantitative estimate of drug-likeness (QED) is 0.521. The number of pyridine rings is 1. The third-order valence-electron chi connectivity index (χ3n) is 4.33. The van der Waals surface area contributed by atoms with Crippen molar-refractivity contribution in [2.45, 2.75) is 18.9 Å². The number of nitrogens with zero attached hydrogens (tertiary/aromatic N) is 4.